The summed E-state index contributed by atoms with van der Waals surface area (Å²) in [4.78, 5) is 17.6. The second-order valence-corrected chi connectivity index (χ2v) is 3.30. The number of nitrogens with zero attached hydrogens (tertiary/aromatic N) is 1. The molecule has 0 aromatic carbocycles. The Morgan fingerprint density at radius 2 is 2.13 bits per heavy atom. The van der Waals surface area contributed by atoms with Crippen LogP contribution in [0.25, 0.3) is 11.0 Å². The van der Waals surface area contributed by atoms with Crippen LogP contribution in [0.5, 0.6) is 0 Å². The summed E-state index contributed by atoms with van der Waals surface area (Å²) in [6.45, 7) is 1.81. The number of hydrogen-bond donors (Lipinski definition) is 1. The first-order valence-electron chi connectivity index (χ1n) is 4.35. The van der Waals surface area contributed by atoms with Crippen molar-refractivity contribution in [3.05, 3.63) is 39.8 Å². The molecular formula is C10H8F2N2O. The fourth-order valence-corrected chi connectivity index (χ4v) is 1.36. The first-order chi connectivity index (χ1) is 7.08. The fraction of sp³-hybridized carbons (Fsp3) is 0.200. The minimum absolute atomic E-state index is 0.371. The SMILES string of the molecule is Cc1cnc2cc(C(F)F)c(=O)[nH]c2c1. The van der Waals surface area contributed by atoms with Gasteiger partial charge in [0.15, 0.2) is 0 Å². The maximum absolute atomic E-state index is 12.4. The molecule has 0 atom stereocenters. The molecule has 0 bridgehead atoms. The predicted octanol–water partition coefficient (Wildman–Crippen LogP) is 2.17. The van der Waals surface area contributed by atoms with E-state index in [1.165, 1.54) is 0 Å². The topological polar surface area (TPSA) is 45.8 Å². The minimum atomic E-state index is -2.78. The average molecular weight is 210 g/mol. The van der Waals surface area contributed by atoms with E-state index in [4.69, 9.17) is 0 Å². The first-order valence-corrected chi connectivity index (χ1v) is 4.35. The number of H-pyrrole nitrogens is 1. The Kier molecular flexibility index (Phi) is 2.22. The van der Waals surface area contributed by atoms with Crippen LogP contribution in [0, 0.1) is 6.92 Å². The molecule has 3 nitrogen and oxygen atoms in total. The van der Waals surface area contributed by atoms with E-state index in [0.717, 1.165) is 11.6 Å². The van der Waals surface area contributed by atoms with Gasteiger partial charge in [-0.15, -0.1) is 0 Å². The standard InChI is InChI=1S/C10H8F2N2O/c1-5-2-8-7(13-4-5)3-6(9(11)12)10(15)14-8/h2-4,9H,1H3,(H,14,15). The zero-order valence-corrected chi connectivity index (χ0v) is 7.92. The lowest BCUT2D eigenvalue weighted by atomic mass is 10.2. The highest BCUT2D eigenvalue weighted by atomic mass is 19.3. The number of aromatic nitrogens is 2. The molecule has 0 aliphatic rings. The Bertz CT molecular complexity index is 563. The molecule has 0 fully saturated rings. The fourth-order valence-electron chi connectivity index (χ4n) is 1.36. The van der Waals surface area contributed by atoms with E-state index in [-0.39, 0.29) is 0 Å². The molecule has 0 spiro atoms. The van der Waals surface area contributed by atoms with Gasteiger partial charge in [0.2, 0.25) is 0 Å². The number of nitrogens with one attached hydrogen (secondary N) is 1. The van der Waals surface area contributed by atoms with Gasteiger partial charge in [0, 0.05) is 6.20 Å². The quantitative estimate of drug-likeness (QED) is 0.783. The van der Waals surface area contributed by atoms with E-state index >= 15 is 0 Å². The third-order valence-electron chi connectivity index (χ3n) is 2.09. The van der Waals surface area contributed by atoms with Gasteiger partial charge in [-0.1, -0.05) is 0 Å². The van der Waals surface area contributed by atoms with Gasteiger partial charge in [-0.2, -0.15) is 0 Å². The average Bonchev–Trinajstić information content (AvgIpc) is 2.15. The van der Waals surface area contributed by atoms with Gasteiger partial charge in [0.1, 0.15) is 0 Å². The number of aryl methyl sites for hydroxylation is 1. The van der Waals surface area contributed by atoms with E-state index in [1.807, 2.05) is 6.92 Å². The molecule has 1 N–H and O–H groups in total. The highest BCUT2D eigenvalue weighted by Crippen LogP contribution is 2.17. The third-order valence-corrected chi connectivity index (χ3v) is 2.09. The predicted molar refractivity (Wildman–Crippen MR) is 52.1 cm³/mol. The summed E-state index contributed by atoms with van der Waals surface area (Å²) < 4.78 is 24.8. The minimum Gasteiger partial charge on any atom is -0.320 e. The molecular weight excluding hydrogens is 202 g/mol. The van der Waals surface area contributed by atoms with E-state index in [2.05, 4.69) is 9.97 Å². The number of halogens is 2. The highest BCUT2D eigenvalue weighted by molar-refractivity contribution is 5.74. The lowest BCUT2D eigenvalue weighted by Gasteiger charge is -2.02. The summed E-state index contributed by atoms with van der Waals surface area (Å²) in [7, 11) is 0. The first kappa shape index (κ1) is 9.76. The summed E-state index contributed by atoms with van der Waals surface area (Å²) in [5.41, 5.74) is 0.409. The van der Waals surface area contributed by atoms with Gasteiger partial charge in [0.05, 0.1) is 16.6 Å². The Labute approximate surface area is 83.8 Å². The Hall–Kier alpha value is -1.78. The van der Waals surface area contributed by atoms with Crippen LogP contribution in [-0.4, -0.2) is 9.97 Å². The van der Waals surface area contributed by atoms with E-state index < -0.39 is 17.5 Å². The van der Waals surface area contributed by atoms with Gasteiger partial charge in [0.25, 0.3) is 12.0 Å². The number of hydrogen-bond acceptors (Lipinski definition) is 2. The van der Waals surface area contributed by atoms with Crippen LogP contribution in [-0.2, 0) is 0 Å². The molecule has 78 valence electrons. The molecule has 0 unspecified atom stereocenters. The lowest BCUT2D eigenvalue weighted by Crippen LogP contribution is -2.12. The second kappa shape index (κ2) is 3.42. The van der Waals surface area contributed by atoms with Crippen LogP contribution >= 0.6 is 0 Å². The highest BCUT2D eigenvalue weighted by Gasteiger charge is 2.13. The van der Waals surface area contributed by atoms with Gasteiger partial charge >= 0.3 is 0 Å². The second-order valence-electron chi connectivity index (χ2n) is 3.30. The van der Waals surface area contributed by atoms with Crippen molar-refractivity contribution in [1.82, 2.24) is 9.97 Å². The molecule has 2 heterocycles. The van der Waals surface area contributed by atoms with Gasteiger partial charge in [-0.05, 0) is 24.6 Å². The summed E-state index contributed by atoms with van der Waals surface area (Å²) in [5, 5.41) is 0. The summed E-state index contributed by atoms with van der Waals surface area (Å²) in [6.07, 6.45) is -1.21. The Balaban J connectivity index is 2.76. The van der Waals surface area contributed by atoms with E-state index in [9.17, 15) is 13.6 Å². The van der Waals surface area contributed by atoms with Crippen molar-refractivity contribution in [2.75, 3.05) is 0 Å². The van der Waals surface area contributed by atoms with E-state index in [0.29, 0.717) is 11.0 Å². The largest absolute Gasteiger partial charge is 0.320 e. The maximum Gasteiger partial charge on any atom is 0.269 e. The van der Waals surface area contributed by atoms with Crippen LogP contribution in [0.4, 0.5) is 8.78 Å². The number of fused-ring (bicyclic) bond motifs is 1. The molecule has 5 heteroatoms. The molecule has 2 rings (SSSR count). The lowest BCUT2D eigenvalue weighted by molar-refractivity contribution is 0.150. The number of aromatic amines is 1. The Morgan fingerprint density at radius 3 is 2.80 bits per heavy atom. The third kappa shape index (κ3) is 1.72. The molecule has 2 aromatic rings. The maximum atomic E-state index is 12.4. The summed E-state index contributed by atoms with van der Waals surface area (Å²) >= 11 is 0. The molecule has 0 aliphatic carbocycles. The van der Waals surface area contributed by atoms with Gasteiger partial charge in [-0.25, -0.2) is 8.78 Å². The number of rotatable bonds is 1. The molecule has 2 aromatic heterocycles. The monoisotopic (exact) mass is 210 g/mol. The van der Waals surface area contributed by atoms with Crippen molar-refractivity contribution in [2.24, 2.45) is 0 Å². The van der Waals surface area contributed by atoms with Crippen LogP contribution in [0.3, 0.4) is 0 Å². The van der Waals surface area contributed by atoms with Crippen LogP contribution in [0.15, 0.2) is 23.1 Å². The molecule has 15 heavy (non-hydrogen) atoms. The molecule has 0 aliphatic heterocycles. The Morgan fingerprint density at radius 1 is 1.40 bits per heavy atom. The van der Waals surface area contributed by atoms with Crippen LogP contribution in [0.2, 0.25) is 0 Å². The molecule has 0 radical (unpaired) electrons. The number of pyridine rings is 2. The van der Waals surface area contributed by atoms with Crippen molar-refractivity contribution in [3.8, 4) is 0 Å². The summed E-state index contributed by atoms with van der Waals surface area (Å²) in [6, 6.07) is 2.82. The van der Waals surface area contributed by atoms with E-state index in [1.54, 1.807) is 12.3 Å². The van der Waals surface area contributed by atoms with Crippen molar-refractivity contribution in [3.63, 3.8) is 0 Å². The molecule has 0 saturated carbocycles. The van der Waals surface area contributed by atoms with Crippen molar-refractivity contribution < 1.29 is 8.78 Å². The van der Waals surface area contributed by atoms with Crippen molar-refractivity contribution in [1.29, 1.82) is 0 Å². The zero-order chi connectivity index (χ0) is 11.0. The molecule has 0 saturated heterocycles. The molecule has 0 amide bonds. The van der Waals surface area contributed by atoms with Crippen LogP contribution < -0.4 is 5.56 Å². The van der Waals surface area contributed by atoms with Gasteiger partial charge in [-0.3, -0.25) is 9.78 Å². The van der Waals surface area contributed by atoms with Crippen molar-refractivity contribution >= 4 is 11.0 Å². The zero-order valence-electron chi connectivity index (χ0n) is 7.92. The van der Waals surface area contributed by atoms with Gasteiger partial charge < -0.3 is 4.98 Å². The smallest absolute Gasteiger partial charge is 0.269 e. The van der Waals surface area contributed by atoms with Crippen LogP contribution in [0.1, 0.15) is 17.6 Å². The summed E-state index contributed by atoms with van der Waals surface area (Å²) in [5.74, 6) is 0. The van der Waals surface area contributed by atoms with Crippen molar-refractivity contribution in [2.45, 2.75) is 13.3 Å². The normalized spacial score (nSPS) is 11.2. The number of alkyl halides is 2.